The minimum absolute atomic E-state index is 0.526. The summed E-state index contributed by atoms with van der Waals surface area (Å²) in [7, 11) is 0. The lowest BCUT2D eigenvalue weighted by Crippen LogP contribution is -1.86. The molecule has 0 bridgehead atoms. The highest BCUT2D eigenvalue weighted by Gasteiger charge is 2.17. The van der Waals surface area contributed by atoms with Crippen molar-refractivity contribution in [2.75, 3.05) is 0 Å². The normalized spacial score (nSPS) is 11.0. The SMILES string of the molecule is Cc1cc(Cl)cc2c(C=O)c(-c3cc(Cl)ccc3Cl)[nH]c12. The van der Waals surface area contributed by atoms with Crippen LogP contribution in [0.25, 0.3) is 22.2 Å². The summed E-state index contributed by atoms with van der Waals surface area (Å²) in [6.45, 7) is 1.93. The Labute approximate surface area is 136 Å². The molecule has 1 N–H and O–H groups in total. The molecule has 0 atom stereocenters. The lowest BCUT2D eigenvalue weighted by atomic mass is 10.1. The maximum absolute atomic E-state index is 11.6. The summed E-state index contributed by atoms with van der Waals surface area (Å²) >= 11 is 18.4. The molecule has 5 heteroatoms. The molecule has 0 saturated carbocycles. The summed E-state index contributed by atoms with van der Waals surface area (Å²) in [5.41, 5.74) is 3.70. The maximum Gasteiger partial charge on any atom is 0.152 e. The monoisotopic (exact) mass is 337 g/mol. The van der Waals surface area contributed by atoms with Gasteiger partial charge in [-0.1, -0.05) is 34.8 Å². The summed E-state index contributed by atoms with van der Waals surface area (Å²) in [6.07, 6.45) is 0.807. The Hall–Kier alpha value is -1.48. The van der Waals surface area contributed by atoms with E-state index in [9.17, 15) is 4.79 Å². The van der Waals surface area contributed by atoms with Crippen molar-refractivity contribution < 1.29 is 4.79 Å². The molecule has 0 aliphatic heterocycles. The third-order valence-electron chi connectivity index (χ3n) is 3.43. The highest BCUT2D eigenvalue weighted by molar-refractivity contribution is 6.35. The fourth-order valence-corrected chi connectivity index (χ4v) is 3.13. The Balaban J connectivity index is 2.40. The van der Waals surface area contributed by atoms with Crippen LogP contribution in [-0.4, -0.2) is 11.3 Å². The molecule has 1 aromatic heterocycles. The molecular formula is C16H10Cl3NO. The van der Waals surface area contributed by atoms with Crippen molar-refractivity contribution in [1.29, 1.82) is 0 Å². The molecule has 0 aliphatic carbocycles. The van der Waals surface area contributed by atoms with Crippen LogP contribution in [0.4, 0.5) is 0 Å². The molecule has 106 valence electrons. The number of carbonyl (C=O) groups excluding carboxylic acids is 1. The number of halogens is 3. The highest BCUT2D eigenvalue weighted by Crippen LogP contribution is 2.36. The number of hydrogen-bond acceptors (Lipinski definition) is 1. The third kappa shape index (κ3) is 2.44. The number of aromatic nitrogens is 1. The van der Waals surface area contributed by atoms with E-state index in [1.54, 1.807) is 24.3 Å². The van der Waals surface area contributed by atoms with Crippen molar-refractivity contribution in [3.8, 4) is 11.3 Å². The maximum atomic E-state index is 11.6. The standard InChI is InChI=1S/C16H10Cl3NO/c1-8-4-10(18)6-11-13(7-21)16(20-15(8)11)12-5-9(17)2-3-14(12)19/h2-7,20H,1H3. The van der Waals surface area contributed by atoms with E-state index in [-0.39, 0.29) is 0 Å². The van der Waals surface area contributed by atoms with Crippen LogP contribution in [0.15, 0.2) is 30.3 Å². The van der Waals surface area contributed by atoms with E-state index in [0.717, 1.165) is 22.8 Å². The van der Waals surface area contributed by atoms with Crippen LogP contribution in [0.2, 0.25) is 15.1 Å². The van der Waals surface area contributed by atoms with E-state index in [0.29, 0.717) is 31.9 Å². The minimum atomic E-state index is 0.526. The summed E-state index contributed by atoms with van der Waals surface area (Å²) in [5, 5.41) is 2.45. The summed E-state index contributed by atoms with van der Waals surface area (Å²) in [4.78, 5) is 14.8. The summed E-state index contributed by atoms with van der Waals surface area (Å²) in [5.74, 6) is 0. The largest absolute Gasteiger partial charge is 0.354 e. The number of H-pyrrole nitrogens is 1. The van der Waals surface area contributed by atoms with E-state index < -0.39 is 0 Å². The second kappa shape index (κ2) is 5.38. The van der Waals surface area contributed by atoms with Crippen LogP contribution in [0.5, 0.6) is 0 Å². The van der Waals surface area contributed by atoms with Crippen molar-refractivity contribution in [3.63, 3.8) is 0 Å². The van der Waals surface area contributed by atoms with Gasteiger partial charge in [0.1, 0.15) is 0 Å². The van der Waals surface area contributed by atoms with Gasteiger partial charge in [-0.2, -0.15) is 0 Å². The quantitative estimate of drug-likeness (QED) is 0.578. The van der Waals surface area contributed by atoms with Gasteiger partial charge in [0.05, 0.1) is 10.7 Å². The Bertz CT molecular complexity index is 868. The number of aryl methyl sites for hydroxylation is 1. The second-order valence-corrected chi connectivity index (χ2v) is 6.08. The number of benzene rings is 2. The molecule has 3 aromatic rings. The zero-order chi connectivity index (χ0) is 15.1. The van der Waals surface area contributed by atoms with Gasteiger partial charge in [0, 0.05) is 32.1 Å². The molecule has 21 heavy (non-hydrogen) atoms. The first-order valence-electron chi connectivity index (χ1n) is 6.23. The second-order valence-electron chi connectivity index (χ2n) is 4.80. The van der Waals surface area contributed by atoms with Gasteiger partial charge in [-0.3, -0.25) is 4.79 Å². The van der Waals surface area contributed by atoms with E-state index in [4.69, 9.17) is 34.8 Å². The smallest absolute Gasteiger partial charge is 0.152 e. The number of fused-ring (bicyclic) bond motifs is 1. The number of nitrogens with one attached hydrogen (secondary N) is 1. The average Bonchev–Trinajstić information content (AvgIpc) is 2.80. The first kappa shape index (κ1) is 14.5. The van der Waals surface area contributed by atoms with Crippen LogP contribution < -0.4 is 0 Å². The molecule has 0 unspecified atom stereocenters. The zero-order valence-electron chi connectivity index (χ0n) is 11.0. The predicted octanol–water partition coefficient (Wildman–Crippen LogP) is 5.92. The lowest BCUT2D eigenvalue weighted by Gasteiger charge is -2.04. The van der Waals surface area contributed by atoms with Crippen molar-refractivity contribution in [1.82, 2.24) is 4.98 Å². The average molecular weight is 339 g/mol. The van der Waals surface area contributed by atoms with Gasteiger partial charge in [0.25, 0.3) is 0 Å². The number of carbonyl (C=O) groups is 1. The molecule has 2 nitrogen and oxygen atoms in total. The Morgan fingerprint density at radius 1 is 1.05 bits per heavy atom. The van der Waals surface area contributed by atoms with Crippen molar-refractivity contribution in [2.24, 2.45) is 0 Å². The highest BCUT2D eigenvalue weighted by atomic mass is 35.5. The number of aldehydes is 1. The van der Waals surface area contributed by atoms with Crippen molar-refractivity contribution >= 4 is 52.0 Å². The molecule has 0 saturated heterocycles. The van der Waals surface area contributed by atoms with Gasteiger partial charge >= 0.3 is 0 Å². The summed E-state index contributed by atoms with van der Waals surface area (Å²) in [6, 6.07) is 8.76. The number of hydrogen-bond donors (Lipinski definition) is 1. The van der Waals surface area contributed by atoms with Gasteiger partial charge in [-0.15, -0.1) is 0 Å². The van der Waals surface area contributed by atoms with Crippen LogP contribution in [0.1, 0.15) is 15.9 Å². The van der Waals surface area contributed by atoms with Gasteiger partial charge in [0.15, 0.2) is 6.29 Å². The zero-order valence-corrected chi connectivity index (χ0v) is 13.3. The fourth-order valence-electron chi connectivity index (χ4n) is 2.47. The molecule has 0 aliphatic rings. The van der Waals surface area contributed by atoms with Crippen LogP contribution >= 0.6 is 34.8 Å². The Morgan fingerprint density at radius 2 is 1.81 bits per heavy atom. The number of rotatable bonds is 2. The van der Waals surface area contributed by atoms with Crippen molar-refractivity contribution in [3.05, 3.63) is 56.5 Å². The molecule has 0 amide bonds. The predicted molar refractivity (Wildman–Crippen MR) is 88.9 cm³/mol. The fraction of sp³-hybridized carbons (Fsp3) is 0.0625. The van der Waals surface area contributed by atoms with Crippen molar-refractivity contribution in [2.45, 2.75) is 6.92 Å². The molecule has 1 heterocycles. The third-order valence-corrected chi connectivity index (χ3v) is 4.21. The molecule has 0 fully saturated rings. The van der Waals surface area contributed by atoms with E-state index >= 15 is 0 Å². The lowest BCUT2D eigenvalue weighted by molar-refractivity contribution is 0.112. The minimum Gasteiger partial charge on any atom is -0.354 e. The van der Waals surface area contributed by atoms with Gasteiger partial charge in [-0.25, -0.2) is 0 Å². The van der Waals surface area contributed by atoms with Gasteiger partial charge in [0.2, 0.25) is 0 Å². The number of aromatic amines is 1. The van der Waals surface area contributed by atoms with Crippen LogP contribution in [0, 0.1) is 6.92 Å². The molecule has 3 rings (SSSR count). The van der Waals surface area contributed by atoms with Gasteiger partial charge < -0.3 is 4.98 Å². The molecular weight excluding hydrogens is 329 g/mol. The molecule has 0 spiro atoms. The van der Waals surface area contributed by atoms with E-state index in [1.807, 2.05) is 13.0 Å². The van der Waals surface area contributed by atoms with Crippen LogP contribution in [0.3, 0.4) is 0 Å². The first-order chi connectivity index (χ1) is 10.0. The van der Waals surface area contributed by atoms with Gasteiger partial charge in [-0.05, 0) is 42.8 Å². The van der Waals surface area contributed by atoms with Crippen LogP contribution in [-0.2, 0) is 0 Å². The first-order valence-corrected chi connectivity index (χ1v) is 7.37. The van der Waals surface area contributed by atoms with E-state index in [1.165, 1.54) is 0 Å². The Morgan fingerprint density at radius 3 is 2.52 bits per heavy atom. The summed E-state index contributed by atoms with van der Waals surface area (Å²) < 4.78 is 0. The molecule has 0 radical (unpaired) electrons. The topological polar surface area (TPSA) is 32.9 Å². The molecule has 2 aromatic carbocycles. The van der Waals surface area contributed by atoms with E-state index in [2.05, 4.69) is 4.98 Å². The Kier molecular flexibility index (Phi) is 3.70.